The summed E-state index contributed by atoms with van der Waals surface area (Å²) >= 11 is 6.43. The van der Waals surface area contributed by atoms with Crippen molar-refractivity contribution in [2.24, 2.45) is 0 Å². The lowest BCUT2D eigenvalue weighted by atomic mass is 10.1. The highest BCUT2D eigenvalue weighted by molar-refractivity contribution is 6.34. The normalized spacial score (nSPS) is 13.9. The molecule has 1 N–H and O–H groups in total. The SMILES string of the molecule is Cc1ccc(C)n1-c1ccc(Cl)c(C(=O)Nc2c(C(=O)N3CCOCC3)oc3ccccc23)c1. The fourth-order valence-corrected chi connectivity index (χ4v) is 4.52. The van der Waals surface area contributed by atoms with Crippen LogP contribution in [0, 0.1) is 13.8 Å². The Bertz CT molecular complexity index is 1380. The van der Waals surface area contributed by atoms with Crippen molar-refractivity contribution >= 4 is 40.1 Å². The van der Waals surface area contributed by atoms with Crippen molar-refractivity contribution in [2.75, 3.05) is 31.6 Å². The Balaban J connectivity index is 1.53. The predicted octanol–water partition coefficient (Wildman–Crippen LogP) is 5.22. The molecule has 1 saturated heterocycles. The zero-order chi connectivity index (χ0) is 23.8. The van der Waals surface area contributed by atoms with Crippen LogP contribution in [0.15, 0.2) is 59.0 Å². The van der Waals surface area contributed by atoms with Crippen molar-refractivity contribution in [2.45, 2.75) is 13.8 Å². The van der Waals surface area contributed by atoms with Gasteiger partial charge in [-0.25, -0.2) is 0 Å². The Labute approximate surface area is 201 Å². The summed E-state index contributed by atoms with van der Waals surface area (Å²) in [6.45, 7) is 5.87. The highest BCUT2D eigenvalue weighted by atomic mass is 35.5. The molecule has 1 fully saturated rings. The molecule has 0 atom stereocenters. The minimum absolute atomic E-state index is 0.0980. The third-order valence-electron chi connectivity index (χ3n) is 6.05. The van der Waals surface area contributed by atoms with Crippen LogP contribution in [0.5, 0.6) is 0 Å². The van der Waals surface area contributed by atoms with Crippen LogP contribution in [0.1, 0.15) is 32.3 Å². The van der Waals surface area contributed by atoms with E-state index >= 15 is 0 Å². The summed E-state index contributed by atoms with van der Waals surface area (Å²) in [4.78, 5) is 28.4. The van der Waals surface area contributed by atoms with Gasteiger partial charge in [-0.05, 0) is 56.3 Å². The maximum atomic E-state index is 13.4. The number of rotatable bonds is 4. The maximum absolute atomic E-state index is 13.4. The Morgan fingerprint density at radius 2 is 1.68 bits per heavy atom. The number of aryl methyl sites for hydroxylation is 2. The van der Waals surface area contributed by atoms with Gasteiger partial charge in [0, 0.05) is 35.6 Å². The van der Waals surface area contributed by atoms with E-state index in [0.717, 1.165) is 17.1 Å². The quantitative estimate of drug-likeness (QED) is 0.437. The zero-order valence-electron chi connectivity index (χ0n) is 18.9. The Morgan fingerprint density at radius 1 is 0.971 bits per heavy atom. The summed E-state index contributed by atoms with van der Waals surface area (Å²) in [7, 11) is 0. The topological polar surface area (TPSA) is 76.7 Å². The number of morpholine rings is 1. The van der Waals surface area contributed by atoms with E-state index in [2.05, 4.69) is 5.32 Å². The number of carbonyl (C=O) groups excluding carboxylic acids is 2. The Hall–Kier alpha value is -3.55. The van der Waals surface area contributed by atoms with Gasteiger partial charge in [-0.2, -0.15) is 0 Å². The van der Waals surface area contributed by atoms with E-state index in [1.807, 2.05) is 54.8 Å². The molecule has 8 heteroatoms. The van der Waals surface area contributed by atoms with Crippen molar-refractivity contribution in [3.63, 3.8) is 0 Å². The smallest absolute Gasteiger partial charge is 0.291 e. The number of hydrogen-bond acceptors (Lipinski definition) is 4. The zero-order valence-corrected chi connectivity index (χ0v) is 19.7. The predicted molar refractivity (Wildman–Crippen MR) is 131 cm³/mol. The number of anilines is 1. The van der Waals surface area contributed by atoms with Gasteiger partial charge in [0.15, 0.2) is 0 Å². The molecule has 34 heavy (non-hydrogen) atoms. The second-order valence-electron chi connectivity index (χ2n) is 8.28. The van der Waals surface area contributed by atoms with Crippen LogP contribution in [-0.2, 0) is 4.74 Å². The lowest BCUT2D eigenvalue weighted by Crippen LogP contribution is -2.40. The number of amides is 2. The molecule has 1 aliphatic heterocycles. The third-order valence-corrected chi connectivity index (χ3v) is 6.38. The van der Waals surface area contributed by atoms with E-state index in [-0.39, 0.29) is 11.7 Å². The van der Waals surface area contributed by atoms with Gasteiger partial charge in [-0.15, -0.1) is 0 Å². The average molecular weight is 478 g/mol. The number of nitrogens with zero attached hydrogens (tertiary/aromatic N) is 2. The van der Waals surface area contributed by atoms with E-state index in [1.165, 1.54) is 0 Å². The minimum Gasteiger partial charge on any atom is -0.449 e. The van der Waals surface area contributed by atoms with E-state index < -0.39 is 5.91 Å². The van der Waals surface area contributed by atoms with Gasteiger partial charge in [0.2, 0.25) is 5.76 Å². The van der Waals surface area contributed by atoms with Gasteiger partial charge >= 0.3 is 0 Å². The van der Waals surface area contributed by atoms with E-state index in [9.17, 15) is 9.59 Å². The second-order valence-corrected chi connectivity index (χ2v) is 8.68. The van der Waals surface area contributed by atoms with Crippen LogP contribution in [0.25, 0.3) is 16.7 Å². The van der Waals surface area contributed by atoms with Crippen LogP contribution in [-0.4, -0.2) is 47.6 Å². The fraction of sp³-hybridized carbons (Fsp3) is 0.231. The number of carbonyl (C=O) groups is 2. The molecule has 4 aromatic rings. The molecule has 1 aliphatic rings. The first kappa shape index (κ1) is 22.3. The highest BCUT2D eigenvalue weighted by Crippen LogP contribution is 2.33. The summed E-state index contributed by atoms with van der Waals surface area (Å²) < 4.78 is 13.3. The number of benzene rings is 2. The molecule has 0 spiro atoms. The molecule has 0 aliphatic carbocycles. The second kappa shape index (κ2) is 9.00. The monoisotopic (exact) mass is 477 g/mol. The first-order valence-electron chi connectivity index (χ1n) is 11.1. The average Bonchev–Trinajstić information content (AvgIpc) is 3.39. The summed E-state index contributed by atoms with van der Waals surface area (Å²) in [6.07, 6.45) is 0. The largest absolute Gasteiger partial charge is 0.449 e. The molecule has 2 amide bonds. The number of aromatic nitrogens is 1. The first-order chi connectivity index (χ1) is 16.4. The van der Waals surface area contributed by atoms with Gasteiger partial charge in [0.25, 0.3) is 11.8 Å². The molecule has 0 saturated carbocycles. The molecular formula is C26H24ClN3O4. The van der Waals surface area contributed by atoms with Gasteiger partial charge in [0.05, 0.1) is 23.8 Å². The van der Waals surface area contributed by atoms with E-state index in [0.29, 0.717) is 53.5 Å². The number of fused-ring (bicyclic) bond motifs is 1. The summed E-state index contributed by atoms with van der Waals surface area (Å²) in [6, 6.07) is 16.6. The summed E-state index contributed by atoms with van der Waals surface area (Å²) in [5.74, 6) is -0.606. The van der Waals surface area contributed by atoms with Crippen LogP contribution in [0.3, 0.4) is 0 Å². The van der Waals surface area contributed by atoms with Crippen molar-refractivity contribution in [3.8, 4) is 5.69 Å². The standard InChI is InChI=1S/C26H24ClN3O4/c1-16-7-8-17(2)30(16)18-9-10-21(27)20(15-18)25(31)28-23-19-5-3-4-6-22(19)34-24(23)26(32)29-11-13-33-14-12-29/h3-10,15H,11-14H2,1-2H3,(H,28,31). The van der Waals surface area contributed by atoms with E-state index in [4.69, 9.17) is 20.8 Å². The van der Waals surface area contributed by atoms with Crippen molar-refractivity contribution in [3.05, 3.63) is 82.3 Å². The minimum atomic E-state index is -0.420. The van der Waals surface area contributed by atoms with Gasteiger partial charge in [-0.3, -0.25) is 9.59 Å². The molecular weight excluding hydrogens is 454 g/mol. The van der Waals surface area contributed by atoms with Crippen LogP contribution in [0.2, 0.25) is 5.02 Å². The lowest BCUT2D eigenvalue weighted by molar-refractivity contribution is 0.0285. The van der Waals surface area contributed by atoms with Crippen LogP contribution >= 0.6 is 11.6 Å². The number of furan rings is 1. The van der Waals surface area contributed by atoms with Gasteiger partial charge < -0.3 is 23.9 Å². The Kier molecular flexibility index (Phi) is 5.89. The van der Waals surface area contributed by atoms with E-state index in [1.54, 1.807) is 23.1 Å². The number of hydrogen-bond donors (Lipinski definition) is 1. The van der Waals surface area contributed by atoms with Crippen molar-refractivity contribution in [1.29, 1.82) is 0 Å². The lowest BCUT2D eigenvalue weighted by Gasteiger charge is -2.26. The molecule has 0 bridgehead atoms. The maximum Gasteiger partial charge on any atom is 0.291 e. The number of halogens is 1. The van der Waals surface area contributed by atoms with Crippen molar-refractivity contribution in [1.82, 2.24) is 9.47 Å². The van der Waals surface area contributed by atoms with Gasteiger partial charge in [0.1, 0.15) is 11.3 Å². The summed E-state index contributed by atoms with van der Waals surface area (Å²) in [5, 5.41) is 3.87. The van der Waals surface area contributed by atoms with Crippen LogP contribution in [0.4, 0.5) is 5.69 Å². The fourth-order valence-electron chi connectivity index (χ4n) is 4.31. The van der Waals surface area contributed by atoms with Gasteiger partial charge in [-0.1, -0.05) is 23.7 Å². The molecule has 0 radical (unpaired) electrons. The molecule has 7 nitrogen and oxygen atoms in total. The molecule has 174 valence electrons. The third kappa shape index (κ3) is 3.97. The molecule has 2 aromatic carbocycles. The number of ether oxygens (including phenoxy) is 1. The number of nitrogens with one attached hydrogen (secondary N) is 1. The molecule has 2 aromatic heterocycles. The molecule has 0 unspecified atom stereocenters. The first-order valence-corrected chi connectivity index (χ1v) is 11.5. The molecule has 3 heterocycles. The summed E-state index contributed by atoms with van der Waals surface area (Å²) in [5.41, 5.74) is 4.09. The highest BCUT2D eigenvalue weighted by Gasteiger charge is 2.28. The van der Waals surface area contributed by atoms with Crippen LogP contribution < -0.4 is 5.32 Å². The Morgan fingerprint density at radius 3 is 2.41 bits per heavy atom. The number of para-hydroxylation sites is 1. The molecule has 5 rings (SSSR count). The van der Waals surface area contributed by atoms with Crippen molar-refractivity contribution < 1.29 is 18.7 Å².